The van der Waals surface area contributed by atoms with Crippen molar-refractivity contribution in [3.8, 4) is 6.07 Å². The zero-order chi connectivity index (χ0) is 17.4. The molecule has 0 unspecified atom stereocenters. The summed E-state index contributed by atoms with van der Waals surface area (Å²) in [5, 5.41) is 9.14. The average Bonchev–Trinajstić information content (AvgIpc) is 3.36. The zero-order valence-electron chi connectivity index (χ0n) is 13.3. The quantitative estimate of drug-likeness (QED) is 0.762. The number of nitrogen functional groups attached to an aromatic ring is 1. The maximum Gasteiger partial charge on any atom is 0.331 e. The van der Waals surface area contributed by atoms with Gasteiger partial charge in [-0.1, -0.05) is 0 Å². The number of nitriles is 1. The van der Waals surface area contributed by atoms with E-state index in [9.17, 15) is 9.59 Å². The maximum atomic E-state index is 12.6. The van der Waals surface area contributed by atoms with Crippen molar-refractivity contribution in [1.29, 1.82) is 5.26 Å². The molecule has 0 atom stereocenters. The molecule has 1 saturated carbocycles. The van der Waals surface area contributed by atoms with Gasteiger partial charge in [-0.2, -0.15) is 20.2 Å². The van der Waals surface area contributed by atoms with E-state index in [1.165, 1.54) is 10.8 Å². The Labute approximate surface area is 136 Å². The Morgan fingerprint density at radius 2 is 2.04 bits per heavy atom. The first kappa shape index (κ1) is 15.7. The summed E-state index contributed by atoms with van der Waals surface area (Å²) in [7, 11) is 3.47. The lowest BCUT2D eigenvalue weighted by Gasteiger charge is -2.13. The third kappa shape index (κ3) is 2.83. The zero-order valence-corrected chi connectivity index (χ0v) is 13.3. The Kier molecular flexibility index (Phi) is 3.76. The minimum Gasteiger partial charge on any atom is -0.368 e. The monoisotopic (exact) mass is 328 g/mol. The van der Waals surface area contributed by atoms with Crippen LogP contribution in [0.4, 0.5) is 11.9 Å². The van der Waals surface area contributed by atoms with Crippen LogP contribution in [0.1, 0.15) is 30.3 Å². The largest absolute Gasteiger partial charge is 0.368 e. The van der Waals surface area contributed by atoms with Crippen molar-refractivity contribution in [2.24, 2.45) is 0 Å². The van der Waals surface area contributed by atoms with Crippen molar-refractivity contribution in [2.75, 3.05) is 24.7 Å². The Balaban J connectivity index is 2.11. The third-order valence-electron chi connectivity index (χ3n) is 3.64. The van der Waals surface area contributed by atoms with E-state index in [1.807, 2.05) is 6.07 Å². The van der Waals surface area contributed by atoms with Gasteiger partial charge in [-0.3, -0.25) is 13.9 Å². The topological polar surface area (TPSA) is 136 Å². The van der Waals surface area contributed by atoms with Crippen LogP contribution < -0.4 is 21.9 Å². The van der Waals surface area contributed by atoms with Crippen molar-refractivity contribution in [3.63, 3.8) is 0 Å². The summed E-state index contributed by atoms with van der Waals surface area (Å²) in [5.74, 6) is 0.503. The molecule has 10 nitrogen and oxygen atoms in total. The van der Waals surface area contributed by atoms with Gasteiger partial charge in [-0.25, -0.2) is 4.79 Å². The smallest absolute Gasteiger partial charge is 0.331 e. The Hall–Kier alpha value is -3.22. The van der Waals surface area contributed by atoms with E-state index in [1.54, 1.807) is 19.0 Å². The van der Waals surface area contributed by atoms with E-state index < -0.39 is 11.2 Å². The van der Waals surface area contributed by atoms with Crippen LogP contribution in [0, 0.1) is 11.3 Å². The number of anilines is 2. The average molecular weight is 328 g/mol. The highest BCUT2D eigenvalue weighted by Gasteiger charge is 2.27. The molecule has 3 rings (SSSR count). The Morgan fingerprint density at radius 1 is 1.33 bits per heavy atom. The molecular formula is C14H16N8O2. The summed E-state index contributed by atoms with van der Waals surface area (Å²) in [6, 6.07) is 1.87. The molecule has 1 fully saturated rings. The molecule has 2 N–H and O–H groups in total. The third-order valence-corrected chi connectivity index (χ3v) is 3.64. The van der Waals surface area contributed by atoms with Crippen LogP contribution in [-0.2, 0) is 6.54 Å². The van der Waals surface area contributed by atoms with Gasteiger partial charge in [0, 0.05) is 26.3 Å². The lowest BCUT2D eigenvalue weighted by Crippen LogP contribution is -2.41. The molecule has 2 heterocycles. The summed E-state index contributed by atoms with van der Waals surface area (Å²) in [6.45, 7) is -0.173. The molecule has 0 aliphatic heterocycles. The van der Waals surface area contributed by atoms with Gasteiger partial charge >= 0.3 is 5.69 Å². The lowest BCUT2D eigenvalue weighted by atomic mass is 10.3. The Morgan fingerprint density at radius 3 is 2.62 bits per heavy atom. The fourth-order valence-corrected chi connectivity index (χ4v) is 2.29. The highest BCUT2D eigenvalue weighted by molar-refractivity contribution is 5.32. The van der Waals surface area contributed by atoms with Crippen LogP contribution >= 0.6 is 0 Å². The lowest BCUT2D eigenvalue weighted by molar-refractivity contribution is 0.576. The summed E-state index contributed by atoms with van der Waals surface area (Å²) >= 11 is 0. The number of hydrogen-bond acceptors (Lipinski definition) is 8. The van der Waals surface area contributed by atoms with Crippen molar-refractivity contribution in [2.45, 2.75) is 25.4 Å². The second-order valence-electron chi connectivity index (χ2n) is 5.77. The fourth-order valence-electron chi connectivity index (χ4n) is 2.29. The molecule has 1 aliphatic carbocycles. The van der Waals surface area contributed by atoms with Gasteiger partial charge in [0.05, 0.1) is 6.54 Å². The molecule has 10 heteroatoms. The van der Waals surface area contributed by atoms with Gasteiger partial charge in [0.2, 0.25) is 11.9 Å². The number of aromatic nitrogens is 5. The van der Waals surface area contributed by atoms with E-state index in [2.05, 4.69) is 15.0 Å². The molecular weight excluding hydrogens is 312 g/mol. The summed E-state index contributed by atoms with van der Waals surface area (Å²) < 4.78 is 2.39. The highest BCUT2D eigenvalue weighted by atomic mass is 16.2. The van der Waals surface area contributed by atoms with Gasteiger partial charge in [-0.15, -0.1) is 0 Å². The first-order chi connectivity index (χ1) is 11.4. The molecule has 0 amide bonds. The summed E-state index contributed by atoms with van der Waals surface area (Å²) in [5.41, 5.74) is 4.43. The highest BCUT2D eigenvalue weighted by Crippen LogP contribution is 2.33. The van der Waals surface area contributed by atoms with Crippen LogP contribution in [0.25, 0.3) is 0 Å². The summed E-state index contributed by atoms with van der Waals surface area (Å²) in [4.78, 5) is 38.7. The molecule has 0 spiro atoms. The second kappa shape index (κ2) is 5.77. The standard InChI is InChI=1S/C14H16N8O2/c1-20(2)13-18-10(17-12(16)19-13)7-22-11(23)8(5-15)6-21(14(22)24)9-3-4-9/h6,9H,3-4,7H2,1-2H3,(H2,16,17,18,19). The number of nitrogens with two attached hydrogens (primary N) is 1. The Bertz CT molecular complexity index is 949. The fraction of sp³-hybridized carbons (Fsp3) is 0.429. The van der Waals surface area contributed by atoms with Gasteiger partial charge in [0.25, 0.3) is 5.56 Å². The molecule has 1 aliphatic rings. The van der Waals surface area contributed by atoms with Crippen LogP contribution in [0.2, 0.25) is 0 Å². The summed E-state index contributed by atoms with van der Waals surface area (Å²) in [6.07, 6.45) is 3.03. The van der Waals surface area contributed by atoms with E-state index in [0.29, 0.717) is 5.95 Å². The maximum absolute atomic E-state index is 12.6. The first-order valence-electron chi connectivity index (χ1n) is 7.34. The van der Waals surface area contributed by atoms with Gasteiger partial charge in [-0.05, 0) is 12.8 Å². The van der Waals surface area contributed by atoms with Crippen molar-refractivity contribution in [1.82, 2.24) is 24.1 Å². The van der Waals surface area contributed by atoms with Crippen molar-refractivity contribution < 1.29 is 0 Å². The van der Waals surface area contributed by atoms with E-state index in [-0.39, 0.29) is 29.9 Å². The number of rotatable bonds is 4. The van der Waals surface area contributed by atoms with Gasteiger partial charge in [0.15, 0.2) is 5.82 Å². The van der Waals surface area contributed by atoms with Crippen molar-refractivity contribution in [3.05, 3.63) is 38.4 Å². The van der Waals surface area contributed by atoms with E-state index >= 15 is 0 Å². The number of hydrogen-bond donors (Lipinski definition) is 1. The van der Waals surface area contributed by atoms with E-state index in [4.69, 9.17) is 11.0 Å². The minimum atomic E-state index is -0.662. The normalized spacial score (nSPS) is 13.5. The molecule has 0 radical (unpaired) electrons. The molecule has 124 valence electrons. The molecule has 0 saturated heterocycles. The molecule has 0 bridgehead atoms. The minimum absolute atomic E-state index is 0.00398. The SMILES string of the molecule is CN(C)c1nc(N)nc(Cn2c(=O)c(C#N)cn(C3CC3)c2=O)n1. The second-order valence-corrected chi connectivity index (χ2v) is 5.77. The molecule has 0 aromatic carbocycles. The van der Waals surface area contributed by atoms with Gasteiger partial charge < -0.3 is 10.6 Å². The molecule has 2 aromatic rings. The predicted molar refractivity (Wildman–Crippen MR) is 85.6 cm³/mol. The first-order valence-corrected chi connectivity index (χ1v) is 7.34. The van der Waals surface area contributed by atoms with Crippen LogP contribution in [0.5, 0.6) is 0 Å². The van der Waals surface area contributed by atoms with Crippen LogP contribution in [0.15, 0.2) is 15.8 Å². The molecule has 24 heavy (non-hydrogen) atoms. The predicted octanol–water partition coefficient (Wildman–Crippen LogP) is -0.902. The van der Waals surface area contributed by atoms with E-state index in [0.717, 1.165) is 17.4 Å². The van der Waals surface area contributed by atoms with Crippen molar-refractivity contribution >= 4 is 11.9 Å². The molecule has 2 aromatic heterocycles. The van der Waals surface area contributed by atoms with Crippen LogP contribution in [-0.4, -0.2) is 38.2 Å². The van der Waals surface area contributed by atoms with Gasteiger partial charge in [0.1, 0.15) is 11.6 Å². The van der Waals surface area contributed by atoms with Crippen LogP contribution in [0.3, 0.4) is 0 Å². The number of nitrogens with zero attached hydrogens (tertiary/aromatic N) is 7.